The summed E-state index contributed by atoms with van der Waals surface area (Å²) in [5.74, 6) is -0.742. The lowest BCUT2D eigenvalue weighted by atomic mass is 9.95. The number of benzene rings is 2. The zero-order valence-electron chi connectivity index (χ0n) is 12.5. The van der Waals surface area contributed by atoms with E-state index in [1.54, 1.807) is 12.5 Å². The van der Waals surface area contributed by atoms with Crippen molar-refractivity contribution in [3.05, 3.63) is 66.2 Å². The zero-order valence-corrected chi connectivity index (χ0v) is 12.5. The average Bonchev–Trinajstić information content (AvgIpc) is 3.21. The van der Waals surface area contributed by atoms with Crippen molar-refractivity contribution in [3.8, 4) is 0 Å². The lowest BCUT2D eigenvalue weighted by Crippen LogP contribution is -2.32. The minimum absolute atomic E-state index is 0.597. The topological polar surface area (TPSA) is 36.3 Å². The van der Waals surface area contributed by atoms with Gasteiger partial charge in [0.2, 0.25) is 5.79 Å². The summed E-state index contributed by atoms with van der Waals surface area (Å²) in [6, 6.07) is 12.7. The van der Waals surface area contributed by atoms with Crippen molar-refractivity contribution in [2.24, 2.45) is 0 Å². The fraction of sp³-hybridized carbons (Fsp3) is 0.278. The molecule has 2 aromatic carbocycles. The summed E-state index contributed by atoms with van der Waals surface area (Å²) >= 11 is 0. The van der Waals surface area contributed by atoms with E-state index >= 15 is 0 Å². The summed E-state index contributed by atoms with van der Waals surface area (Å²) in [6.07, 6.45) is 5.50. The Morgan fingerprint density at radius 3 is 2.59 bits per heavy atom. The van der Waals surface area contributed by atoms with Crippen LogP contribution < -0.4 is 0 Å². The van der Waals surface area contributed by atoms with Gasteiger partial charge >= 0.3 is 0 Å². The van der Waals surface area contributed by atoms with Crippen LogP contribution in [-0.4, -0.2) is 22.8 Å². The maximum atomic E-state index is 6.08. The van der Waals surface area contributed by atoms with Gasteiger partial charge < -0.3 is 14.0 Å². The highest BCUT2D eigenvalue weighted by molar-refractivity contribution is 5.89. The van der Waals surface area contributed by atoms with E-state index in [1.165, 1.54) is 16.3 Å². The van der Waals surface area contributed by atoms with Gasteiger partial charge in [-0.2, -0.15) is 0 Å². The SMILES string of the molecule is Cc1ccc(C2(Cn3ccnc3)OCCO2)c2ccccc12. The summed E-state index contributed by atoms with van der Waals surface area (Å²) in [6.45, 7) is 3.94. The molecule has 0 spiro atoms. The summed E-state index contributed by atoms with van der Waals surface area (Å²) in [4.78, 5) is 4.12. The predicted molar refractivity (Wildman–Crippen MR) is 84.5 cm³/mol. The lowest BCUT2D eigenvalue weighted by molar-refractivity contribution is -0.175. The van der Waals surface area contributed by atoms with E-state index in [4.69, 9.17) is 9.47 Å². The lowest BCUT2D eigenvalue weighted by Gasteiger charge is -2.29. The minimum Gasteiger partial charge on any atom is -0.342 e. The Bertz CT molecular complexity index is 790. The Morgan fingerprint density at radius 2 is 1.86 bits per heavy atom. The molecule has 0 saturated carbocycles. The first-order valence-electron chi connectivity index (χ1n) is 7.51. The van der Waals surface area contributed by atoms with Crippen LogP contribution in [0.4, 0.5) is 0 Å². The summed E-state index contributed by atoms with van der Waals surface area (Å²) in [5.41, 5.74) is 2.34. The maximum absolute atomic E-state index is 6.08. The number of aryl methyl sites for hydroxylation is 1. The number of nitrogens with zero attached hydrogens (tertiary/aromatic N) is 2. The molecule has 4 rings (SSSR count). The molecule has 0 unspecified atom stereocenters. The smallest absolute Gasteiger partial charge is 0.214 e. The van der Waals surface area contributed by atoms with Gasteiger partial charge in [-0.1, -0.05) is 36.4 Å². The van der Waals surface area contributed by atoms with Crippen LogP contribution in [0.1, 0.15) is 11.1 Å². The van der Waals surface area contributed by atoms with Crippen LogP contribution in [0.25, 0.3) is 10.8 Å². The van der Waals surface area contributed by atoms with Gasteiger partial charge in [-0.3, -0.25) is 0 Å². The highest BCUT2D eigenvalue weighted by atomic mass is 16.7. The average molecular weight is 294 g/mol. The second-order valence-electron chi connectivity index (χ2n) is 5.66. The van der Waals surface area contributed by atoms with Crippen LogP contribution in [0.2, 0.25) is 0 Å². The van der Waals surface area contributed by atoms with Crippen molar-refractivity contribution in [2.45, 2.75) is 19.3 Å². The number of imidazole rings is 1. The monoisotopic (exact) mass is 294 g/mol. The third-order valence-corrected chi connectivity index (χ3v) is 4.26. The molecule has 2 heterocycles. The van der Waals surface area contributed by atoms with Crippen molar-refractivity contribution in [1.29, 1.82) is 0 Å². The first-order chi connectivity index (χ1) is 10.8. The fourth-order valence-corrected chi connectivity index (χ4v) is 3.19. The molecule has 0 atom stereocenters. The molecule has 0 aliphatic carbocycles. The highest BCUT2D eigenvalue weighted by Gasteiger charge is 2.40. The number of rotatable bonds is 3. The molecule has 0 amide bonds. The molecule has 112 valence electrons. The molecular formula is C18H18N2O2. The second-order valence-corrected chi connectivity index (χ2v) is 5.66. The molecule has 4 heteroatoms. The van der Waals surface area contributed by atoms with E-state index in [0.717, 1.165) is 5.56 Å². The van der Waals surface area contributed by atoms with Gasteiger partial charge in [0.1, 0.15) is 0 Å². The molecule has 22 heavy (non-hydrogen) atoms. The number of aromatic nitrogens is 2. The Hall–Kier alpha value is -2.17. The van der Waals surface area contributed by atoms with Crippen LogP contribution in [0.15, 0.2) is 55.1 Å². The highest BCUT2D eigenvalue weighted by Crippen LogP contribution is 2.38. The van der Waals surface area contributed by atoms with Gasteiger partial charge in [0, 0.05) is 18.0 Å². The van der Waals surface area contributed by atoms with Crippen LogP contribution in [0.5, 0.6) is 0 Å². The first-order valence-corrected chi connectivity index (χ1v) is 7.51. The van der Waals surface area contributed by atoms with Crippen LogP contribution in [0.3, 0.4) is 0 Å². The van der Waals surface area contributed by atoms with Crippen molar-refractivity contribution in [3.63, 3.8) is 0 Å². The van der Waals surface area contributed by atoms with E-state index in [0.29, 0.717) is 19.8 Å². The zero-order chi connectivity index (χ0) is 15.0. The van der Waals surface area contributed by atoms with Gasteiger partial charge in [-0.25, -0.2) is 4.98 Å². The van der Waals surface area contributed by atoms with Crippen molar-refractivity contribution in [1.82, 2.24) is 9.55 Å². The molecule has 1 saturated heterocycles. The van der Waals surface area contributed by atoms with Crippen molar-refractivity contribution < 1.29 is 9.47 Å². The van der Waals surface area contributed by atoms with Gasteiger partial charge in [0.15, 0.2) is 0 Å². The molecule has 1 fully saturated rings. The molecular weight excluding hydrogens is 276 g/mol. The third-order valence-electron chi connectivity index (χ3n) is 4.26. The number of fused-ring (bicyclic) bond motifs is 1. The van der Waals surface area contributed by atoms with E-state index < -0.39 is 5.79 Å². The second kappa shape index (κ2) is 5.23. The number of hydrogen-bond donors (Lipinski definition) is 0. The van der Waals surface area contributed by atoms with E-state index in [-0.39, 0.29) is 0 Å². The van der Waals surface area contributed by atoms with Crippen LogP contribution in [-0.2, 0) is 21.8 Å². The van der Waals surface area contributed by atoms with Gasteiger partial charge in [0.25, 0.3) is 0 Å². The maximum Gasteiger partial charge on any atom is 0.214 e. The summed E-state index contributed by atoms with van der Waals surface area (Å²) in [5, 5.41) is 2.42. The number of hydrogen-bond acceptors (Lipinski definition) is 3. The van der Waals surface area contributed by atoms with E-state index in [1.807, 2.05) is 10.8 Å². The Labute approximate surface area is 129 Å². The minimum atomic E-state index is -0.742. The quantitative estimate of drug-likeness (QED) is 0.744. The van der Waals surface area contributed by atoms with Gasteiger partial charge in [-0.15, -0.1) is 0 Å². The van der Waals surface area contributed by atoms with Crippen molar-refractivity contribution >= 4 is 10.8 Å². The molecule has 1 aliphatic heterocycles. The predicted octanol–water partition coefficient (Wildman–Crippen LogP) is 3.24. The van der Waals surface area contributed by atoms with Gasteiger partial charge in [0.05, 0.1) is 26.1 Å². The molecule has 0 radical (unpaired) electrons. The normalized spacial score (nSPS) is 17.1. The Morgan fingerprint density at radius 1 is 1.09 bits per heavy atom. The third kappa shape index (κ3) is 2.12. The van der Waals surface area contributed by atoms with Gasteiger partial charge in [-0.05, 0) is 23.3 Å². The van der Waals surface area contributed by atoms with E-state index in [2.05, 4.69) is 48.3 Å². The van der Waals surface area contributed by atoms with Crippen LogP contribution in [0, 0.1) is 6.92 Å². The molecule has 3 aromatic rings. The molecule has 1 aliphatic rings. The number of ether oxygens (including phenoxy) is 2. The van der Waals surface area contributed by atoms with E-state index in [9.17, 15) is 0 Å². The van der Waals surface area contributed by atoms with Crippen molar-refractivity contribution in [2.75, 3.05) is 13.2 Å². The standard InChI is InChI=1S/C18H18N2O2/c1-14-6-7-17(16-5-3-2-4-15(14)16)18(21-10-11-22-18)12-20-9-8-19-13-20/h2-9,13H,10-12H2,1H3. The summed E-state index contributed by atoms with van der Waals surface area (Å²) in [7, 11) is 0. The Kier molecular flexibility index (Phi) is 3.21. The first kappa shape index (κ1) is 13.5. The van der Waals surface area contributed by atoms with Crippen LogP contribution >= 0.6 is 0 Å². The summed E-state index contributed by atoms with van der Waals surface area (Å²) < 4.78 is 14.2. The molecule has 4 nitrogen and oxygen atoms in total. The molecule has 0 bridgehead atoms. The fourth-order valence-electron chi connectivity index (χ4n) is 3.19. The Balaban J connectivity index is 1.89. The molecule has 1 aromatic heterocycles. The largest absolute Gasteiger partial charge is 0.342 e. The molecule has 0 N–H and O–H groups in total.